The van der Waals surface area contributed by atoms with Crippen molar-refractivity contribution in [3.63, 3.8) is 0 Å². The molecule has 3 aromatic carbocycles. The number of hydrogen-bond acceptors (Lipinski definition) is 8. The van der Waals surface area contributed by atoms with Gasteiger partial charge in [0.15, 0.2) is 28.8 Å². The van der Waals surface area contributed by atoms with Gasteiger partial charge >= 0.3 is 24.0 Å². The van der Waals surface area contributed by atoms with E-state index in [-0.39, 0.29) is 46.8 Å². The Hall–Kier alpha value is -4.89. The minimum atomic E-state index is -4.66. The van der Waals surface area contributed by atoms with E-state index in [1.807, 2.05) is 19.1 Å². The van der Waals surface area contributed by atoms with Crippen molar-refractivity contribution in [3.8, 4) is 50.9 Å². The van der Waals surface area contributed by atoms with Crippen LogP contribution in [0.1, 0.15) is 28.4 Å². The normalized spacial score (nSPS) is 13.4. The lowest BCUT2D eigenvalue weighted by atomic mass is 9.96. The molecule has 3 heterocycles. The smallest absolute Gasteiger partial charge is 0.440 e. The molecule has 234 valence electrons. The van der Waals surface area contributed by atoms with E-state index in [1.54, 1.807) is 31.2 Å². The van der Waals surface area contributed by atoms with Gasteiger partial charge in [0.1, 0.15) is 5.69 Å². The van der Waals surface area contributed by atoms with Gasteiger partial charge in [-0.3, -0.25) is 0 Å². The van der Waals surface area contributed by atoms with Crippen molar-refractivity contribution in [2.24, 2.45) is 0 Å². The number of aromatic nitrogens is 3. The second kappa shape index (κ2) is 11.9. The van der Waals surface area contributed by atoms with Crippen LogP contribution in [-0.4, -0.2) is 34.6 Å². The molecule has 0 saturated heterocycles. The number of oxazole rings is 1. The highest BCUT2D eigenvalue weighted by molar-refractivity contribution is 7.51. The molecule has 1 aliphatic heterocycles. The fourth-order valence-corrected chi connectivity index (χ4v) is 4.90. The predicted molar refractivity (Wildman–Crippen MR) is 150 cm³/mol. The van der Waals surface area contributed by atoms with E-state index in [0.29, 0.717) is 16.7 Å². The molecule has 0 spiro atoms. The molecule has 0 bridgehead atoms. The molecular formula is C30H22F5N3O6S. The molecule has 45 heavy (non-hydrogen) atoms. The zero-order valence-corrected chi connectivity index (χ0v) is 24.4. The highest BCUT2D eigenvalue weighted by atomic mass is 32.1. The highest BCUT2D eigenvalue weighted by Crippen LogP contribution is 2.45. The van der Waals surface area contributed by atoms with E-state index < -0.39 is 29.7 Å². The van der Waals surface area contributed by atoms with Gasteiger partial charge in [0.05, 0.1) is 12.3 Å². The number of ether oxygens (including phenoxy) is 2. The highest BCUT2D eigenvalue weighted by Gasteiger charge is 2.43. The van der Waals surface area contributed by atoms with Gasteiger partial charge in [-0.15, -0.1) is 8.78 Å². The lowest BCUT2D eigenvalue weighted by Gasteiger charge is -2.14. The van der Waals surface area contributed by atoms with Gasteiger partial charge < -0.3 is 19.0 Å². The Morgan fingerprint density at radius 1 is 0.889 bits per heavy atom. The number of fused-ring (bicyclic) bond motifs is 1. The summed E-state index contributed by atoms with van der Waals surface area (Å²) in [5, 5.41) is 13.4. The number of nitrogens with zero attached hydrogens (tertiary/aromatic N) is 3. The summed E-state index contributed by atoms with van der Waals surface area (Å²) in [4.78, 5) is 4.55. The number of aryl methyl sites for hydroxylation is 3. The Balaban J connectivity index is 0.00000128. The molecule has 1 N–H and O–H groups in total. The van der Waals surface area contributed by atoms with Crippen molar-refractivity contribution in [2.75, 3.05) is 0 Å². The number of aliphatic hydroxyl groups is 1. The summed E-state index contributed by atoms with van der Waals surface area (Å²) in [5.74, 6) is 0.0530. The summed E-state index contributed by atoms with van der Waals surface area (Å²) >= 11 is -0.750. The zero-order chi connectivity index (χ0) is 32.7. The van der Waals surface area contributed by atoms with Crippen LogP contribution in [0.3, 0.4) is 0 Å². The number of rotatable bonds is 5. The van der Waals surface area contributed by atoms with Gasteiger partial charge in [-0.1, -0.05) is 24.3 Å². The van der Waals surface area contributed by atoms with Crippen LogP contribution in [0.5, 0.6) is 11.5 Å². The lowest BCUT2D eigenvalue weighted by molar-refractivity contribution is -0.286. The van der Waals surface area contributed by atoms with Crippen LogP contribution < -0.4 is 9.47 Å². The molecule has 5 aromatic rings. The van der Waals surface area contributed by atoms with Crippen LogP contribution in [-0.2, 0) is 24.4 Å². The first-order valence-corrected chi connectivity index (χ1v) is 13.7. The van der Waals surface area contributed by atoms with Crippen LogP contribution in [0.15, 0.2) is 65.1 Å². The van der Waals surface area contributed by atoms with Crippen molar-refractivity contribution in [1.82, 2.24) is 14.8 Å². The Morgan fingerprint density at radius 2 is 1.53 bits per heavy atom. The number of hydrogen-bond donors (Lipinski definition) is 1. The molecule has 2 aromatic heterocycles. The van der Waals surface area contributed by atoms with E-state index >= 15 is 0 Å². The van der Waals surface area contributed by atoms with E-state index in [4.69, 9.17) is 12.8 Å². The molecule has 0 saturated carbocycles. The van der Waals surface area contributed by atoms with Crippen molar-refractivity contribution in [1.29, 1.82) is 0 Å². The van der Waals surface area contributed by atoms with Crippen LogP contribution in [0.2, 0.25) is 0 Å². The molecule has 9 nitrogen and oxygen atoms in total. The van der Waals surface area contributed by atoms with Crippen LogP contribution >= 0.6 is 0 Å². The van der Waals surface area contributed by atoms with Crippen LogP contribution in [0.25, 0.3) is 39.4 Å². The third-order valence-corrected chi connectivity index (χ3v) is 6.90. The summed E-state index contributed by atoms with van der Waals surface area (Å²) in [7, 11) is 0. The second-order valence-corrected chi connectivity index (χ2v) is 10.1. The Labute approximate surface area is 255 Å². The van der Waals surface area contributed by atoms with Crippen molar-refractivity contribution in [2.45, 2.75) is 39.8 Å². The average Bonchev–Trinajstić information content (AvgIpc) is 3.65. The fourth-order valence-electron chi connectivity index (χ4n) is 4.90. The SMILES string of the molecule is Cc1nc(-c2cc(-c3ccc(CO)c(C)c3)ccc2-n2nc(C(F)(F)F)cc2C)c(-c2ccc3c(c2)OC(F)(F)O3)o1.O=S=O. The third-order valence-electron chi connectivity index (χ3n) is 6.90. The predicted octanol–water partition coefficient (Wildman–Crippen LogP) is 6.95. The molecule has 0 amide bonds. The largest absolute Gasteiger partial charge is 0.586 e. The van der Waals surface area contributed by atoms with Gasteiger partial charge in [-0.05, 0) is 72.5 Å². The minimum absolute atomic E-state index is 0.126. The van der Waals surface area contributed by atoms with Crippen molar-refractivity contribution < 1.29 is 49.4 Å². The standard InChI is InChI=1S/C30H22F5N3O4.O2S/c1-15-10-18(4-5-21(15)14-39)19-6-8-23(38-16(2)11-26(37-38)29(31,32)33)22(12-19)27-28(40-17(3)36-27)20-7-9-24-25(13-20)42-30(34,35)41-24;1-3-2/h4-13,39H,14H2,1-3H3;. The average molecular weight is 648 g/mol. The first-order valence-electron chi connectivity index (χ1n) is 13.0. The Morgan fingerprint density at radius 3 is 2.18 bits per heavy atom. The summed E-state index contributed by atoms with van der Waals surface area (Å²) in [6, 6.07) is 15.7. The van der Waals surface area contributed by atoms with Crippen LogP contribution in [0.4, 0.5) is 22.0 Å². The second-order valence-electron chi connectivity index (χ2n) is 9.92. The van der Waals surface area contributed by atoms with E-state index in [0.717, 1.165) is 22.8 Å². The maximum absolute atomic E-state index is 13.7. The van der Waals surface area contributed by atoms with Crippen molar-refractivity contribution in [3.05, 3.63) is 89.1 Å². The minimum Gasteiger partial charge on any atom is -0.440 e. The number of benzene rings is 3. The van der Waals surface area contributed by atoms with E-state index in [2.05, 4.69) is 19.6 Å². The molecule has 15 heteroatoms. The first kappa shape index (κ1) is 31.5. The fraction of sp³-hybridized carbons (Fsp3) is 0.200. The lowest BCUT2D eigenvalue weighted by Crippen LogP contribution is -2.25. The third kappa shape index (κ3) is 6.35. The summed E-state index contributed by atoms with van der Waals surface area (Å²) in [6.07, 6.45) is -8.48. The molecule has 6 rings (SSSR count). The quantitative estimate of drug-likeness (QED) is 0.204. The molecule has 0 fully saturated rings. The molecule has 0 aliphatic carbocycles. The zero-order valence-electron chi connectivity index (χ0n) is 23.6. The van der Waals surface area contributed by atoms with Gasteiger partial charge in [-0.2, -0.15) is 26.7 Å². The van der Waals surface area contributed by atoms with E-state index in [1.165, 1.54) is 29.8 Å². The molecule has 0 radical (unpaired) electrons. The van der Waals surface area contributed by atoms with Gasteiger partial charge in [0, 0.05) is 23.7 Å². The molecule has 1 aliphatic rings. The number of aliphatic hydroxyl groups excluding tert-OH is 1. The topological polar surface area (TPSA) is 117 Å². The molecule has 0 atom stereocenters. The Bertz CT molecular complexity index is 1950. The summed E-state index contributed by atoms with van der Waals surface area (Å²) in [6.45, 7) is 4.83. The first-order chi connectivity index (χ1) is 21.2. The molecular weight excluding hydrogens is 625 g/mol. The van der Waals surface area contributed by atoms with Gasteiger partial charge in [0.2, 0.25) is 0 Å². The Kier molecular flexibility index (Phi) is 8.33. The summed E-state index contributed by atoms with van der Waals surface area (Å²) < 4.78 is 101. The molecule has 0 unspecified atom stereocenters. The maximum atomic E-state index is 13.7. The van der Waals surface area contributed by atoms with Crippen LogP contribution in [0, 0.1) is 20.8 Å². The number of halogens is 5. The summed E-state index contributed by atoms with van der Waals surface area (Å²) in [5.41, 5.74) is 3.53. The monoisotopic (exact) mass is 647 g/mol. The van der Waals surface area contributed by atoms with Gasteiger partial charge in [0.25, 0.3) is 0 Å². The van der Waals surface area contributed by atoms with Crippen molar-refractivity contribution >= 4 is 11.6 Å². The van der Waals surface area contributed by atoms with E-state index in [9.17, 15) is 27.1 Å². The maximum Gasteiger partial charge on any atom is 0.586 e. The number of alkyl halides is 5. The van der Waals surface area contributed by atoms with Gasteiger partial charge in [-0.25, -0.2) is 9.67 Å².